The van der Waals surface area contributed by atoms with E-state index in [0.29, 0.717) is 13.1 Å². The molecular formula is C19H19N5O. The number of hydrogen-bond donors (Lipinski definition) is 1. The van der Waals surface area contributed by atoms with Gasteiger partial charge in [-0.05, 0) is 17.7 Å². The van der Waals surface area contributed by atoms with Gasteiger partial charge in [0.15, 0.2) is 0 Å². The Labute approximate surface area is 146 Å². The van der Waals surface area contributed by atoms with Gasteiger partial charge in [-0.2, -0.15) is 5.10 Å². The van der Waals surface area contributed by atoms with E-state index in [-0.39, 0.29) is 12.1 Å². The Kier molecular flexibility index (Phi) is 4.03. The molecular weight excluding hydrogens is 314 g/mol. The third kappa shape index (κ3) is 3.16. The molecule has 25 heavy (non-hydrogen) atoms. The highest BCUT2D eigenvalue weighted by molar-refractivity contribution is 5.81. The molecule has 0 unspecified atom stereocenters. The average Bonchev–Trinajstić information content (AvgIpc) is 3.19. The van der Waals surface area contributed by atoms with Crippen molar-refractivity contribution in [3.63, 3.8) is 0 Å². The van der Waals surface area contributed by atoms with Crippen LogP contribution in [0.2, 0.25) is 0 Å². The largest absolute Gasteiger partial charge is 0.335 e. The maximum Gasteiger partial charge on any atom is 0.235 e. The summed E-state index contributed by atoms with van der Waals surface area (Å²) in [4.78, 5) is 18.3. The van der Waals surface area contributed by atoms with Crippen LogP contribution in [0.4, 0.5) is 0 Å². The van der Waals surface area contributed by atoms with Crippen LogP contribution in [0.25, 0.3) is 11.3 Å². The van der Waals surface area contributed by atoms with Gasteiger partial charge in [0.1, 0.15) is 6.17 Å². The van der Waals surface area contributed by atoms with E-state index in [1.807, 2.05) is 43.6 Å². The van der Waals surface area contributed by atoms with Crippen LogP contribution in [0.3, 0.4) is 0 Å². The maximum atomic E-state index is 12.1. The predicted molar refractivity (Wildman–Crippen MR) is 94.2 cm³/mol. The molecule has 1 aromatic carbocycles. The Hall–Kier alpha value is -2.99. The molecule has 0 saturated carbocycles. The molecule has 3 aromatic rings. The highest BCUT2D eigenvalue weighted by Crippen LogP contribution is 2.31. The van der Waals surface area contributed by atoms with Crippen molar-refractivity contribution in [1.29, 1.82) is 0 Å². The summed E-state index contributed by atoms with van der Waals surface area (Å²) < 4.78 is 1.79. The van der Waals surface area contributed by atoms with E-state index in [9.17, 15) is 4.79 Å². The van der Waals surface area contributed by atoms with Gasteiger partial charge in [0.25, 0.3) is 0 Å². The lowest BCUT2D eigenvalue weighted by Gasteiger charge is -2.23. The molecule has 1 fully saturated rings. The van der Waals surface area contributed by atoms with Crippen molar-refractivity contribution in [2.45, 2.75) is 12.7 Å². The van der Waals surface area contributed by atoms with E-state index in [4.69, 9.17) is 0 Å². The molecule has 1 aliphatic rings. The summed E-state index contributed by atoms with van der Waals surface area (Å²) in [7, 11) is 1.90. The van der Waals surface area contributed by atoms with Gasteiger partial charge < -0.3 is 5.32 Å². The van der Waals surface area contributed by atoms with Gasteiger partial charge in [-0.1, -0.05) is 30.3 Å². The van der Waals surface area contributed by atoms with Crippen LogP contribution in [0.15, 0.2) is 61.1 Å². The fraction of sp³-hybridized carbons (Fsp3) is 0.211. The third-order valence-electron chi connectivity index (χ3n) is 4.34. The number of aromatic nitrogens is 3. The van der Waals surface area contributed by atoms with Crippen LogP contribution in [0.1, 0.15) is 17.3 Å². The molecule has 1 N–H and O–H groups in total. The molecule has 0 bridgehead atoms. The first kappa shape index (κ1) is 15.5. The predicted octanol–water partition coefficient (Wildman–Crippen LogP) is 2.11. The number of nitrogens with one attached hydrogen (secondary N) is 1. The monoisotopic (exact) mass is 333 g/mol. The third-order valence-corrected chi connectivity index (χ3v) is 4.34. The molecule has 6 nitrogen and oxygen atoms in total. The number of benzene rings is 1. The van der Waals surface area contributed by atoms with Gasteiger partial charge in [-0.3, -0.25) is 19.4 Å². The zero-order valence-corrected chi connectivity index (χ0v) is 14.0. The number of hydrogen-bond acceptors (Lipinski definition) is 4. The first-order valence-corrected chi connectivity index (χ1v) is 8.22. The smallest absolute Gasteiger partial charge is 0.235 e. The van der Waals surface area contributed by atoms with E-state index < -0.39 is 0 Å². The van der Waals surface area contributed by atoms with Crippen molar-refractivity contribution in [2.24, 2.45) is 7.05 Å². The molecule has 3 heterocycles. The minimum atomic E-state index is -0.190. The van der Waals surface area contributed by atoms with E-state index in [1.54, 1.807) is 17.1 Å². The molecule has 1 aliphatic heterocycles. The minimum Gasteiger partial charge on any atom is -0.335 e. The lowest BCUT2D eigenvalue weighted by molar-refractivity contribution is -0.118. The van der Waals surface area contributed by atoms with E-state index in [1.165, 1.54) is 5.56 Å². The van der Waals surface area contributed by atoms with Gasteiger partial charge in [0.2, 0.25) is 5.91 Å². The van der Waals surface area contributed by atoms with Crippen LogP contribution < -0.4 is 5.32 Å². The Morgan fingerprint density at radius 2 is 1.92 bits per heavy atom. The Bertz CT molecular complexity index is 875. The molecule has 0 aliphatic carbocycles. The zero-order chi connectivity index (χ0) is 17.2. The highest BCUT2D eigenvalue weighted by atomic mass is 16.2. The Balaban J connectivity index is 1.69. The second-order valence-corrected chi connectivity index (χ2v) is 6.20. The second kappa shape index (κ2) is 6.49. The molecule has 1 saturated heterocycles. The second-order valence-electron chi connectivity index (χ2n) is 6.20. The number of pyridine rings is 1. The van der Waals surface area contributed by atoms with Crippen LogP contribution in [-0.2, 0) is 18.4 Å². The van der Waals surface area contributed by atoms with Gasteiger partial charge in [-0.25, -0.2) is 0 Å². The number of carbonyl (C=O) groups excluding carboxylic acids is 1. The first-order valence-electron chi connectivity index (χ1n) is 8.22. The van der Waals surface area contributed by atoms with E-state index in [0.717, 1.165) is 16.8 Å². The fourth-order valence-electron chi connectivity index (χ4n) is 3.25. The quantitative estimate of drug-likeness (QED) is 0.794. The SMILES string of the molecule is Cn1cc([C@H]2NC(=O)CN2Cc2ccccc2)c(-c2ccncc2)n1. The maximum absolute atomic E-state index is 12.1. The number of rotatable bonds is 4. The number of carbonyl (C=O) groups is 1. The minimum absolute atomic E-state index is 0.0328. The van der Waals surface area contributed by atoms with Gasteiger partial charge >= 0.3 is 0 Å². The van der Waals surface area contributed by atoms with E-state index in [2.05, 4.69) is 32.4 Å². The molecule has 1 amide bonds. The number of nitrogens with zero attached hydrogens (tertiary/aromatic N) is 4. The molecule has 1 atom stereocenters. The van der Waals surface area contributed by atoms with E-state index >= 15 is 0 Å². The molecule has 0 radical (unpaired) electrons. The van der Waals surface area contributed by atoms with Crippen molar-refractivity contribution < 1.29 is 4.79 Å². The number of amides is 1. The van der Waals surface area contributed by atoms with Crippen LogP contribution in [0, 0.1) is 0 Å². The topological polar surface area (TPSA) is 63.1 Å². The first-order chi connectivity index (χ1) is 12.2. The summed E-state index contributed by atoms with van der Waals surface area (Å²) in [6, 6.07) is 14.1. The van der Waals surface area contributed by atoms with Crippen LogP contribution in [0.5, 0.6) is 0 Å². The normalized spacial score (nSPS) is 17.6. The van der Waals surface area contributed by atoms with Crippen LogP contribution >= 0.6 is 0 Å². The Morgan fingerprint density at radius 1 is 1.16 bits per heavy atom. The number of aryl methyl sites for hydroxylation is 1. The summed E-state index contributed by atoms with van der Waals surface area (Å²) in [6.07, 6.45) is 5.29. The van der Waals surface area contributed by atoms with Gasteiger partial charge in [0, 0.05) is 43.3 Å². The molecule has 0 spiro atoms. The average molecular weight is 333 g/mol. The van der Waals surface area contributed by atoms with Crippen molar-refractivity contribution in [1.82, 2.24) is 25.0 Å². The summed E-state index contributed by atoms with van der Waals surface area (Å²) in [6.45, 7) is 1.08. The zero-order valence-electron chi connectivity index (χ0n) is 14.0. The van der Waals surface area contributed by atoms with Gasteiger partial charge in [-0.15, -0.1) is 0 Å². The summed E-state index contributed by atoms with van der Waals surface area (Å²) in [5, 5.41) is 7.68. The molecule has 126 valence electrons. The summed E-state index contributed by atoms with van der Waals surface area (Å²) in [5.74, 6) is 0.0328. The van der Waals surface area contributed by atoms with Crippen molar-refractivity contribution in [3.8, 4) is 11.3 Å². The Morgan fingerprint density at radius 3 is 2.68 bits per heavy atom. The lowest BCUT2D eigenvalue weighted by atomic mass is 10.1. The fourth-order valence-corrected chi connectivity index (χ4v) is 3.25. The lowest BCUT2D eigenvalue weighted by Crippen LogP contribution is -2.27. The molecule has 6 heteroatoms. The van der Waals surface area contributed by atoms with Crippen molar-refractivity contribution in [3.05, 3.63) is 72.2 Å². The van der Waals surface area contributed by atoms with Gasteiger partial charge in [0.05, 0.1) is 12.2 Å². The summed E-state index contributed by atoms with van der Waals surface area (Å²) >= 11 is 0. The highest BCUT2D eigenvalue weighted by Gasteiger charge is 2.33. The standard InChI is InChI=1S/C19H19N5O/c1-23-12-16(18(22-23)15-7-9-20-10-8-15)19-21-17(25)13-24(19)11-14-5-3-2-4-6-14/h2-10,12,19H,11,13H2,1H3,(H,21,25)/t19-/m0/s1. The van der Waals surface area contributed by atoms with Crippen LogP contribution in [-0.4, -0.2) is 32.1 Å². The van der Waals surface area contributed by atoms with Crippen molar-refractivity contribution in [2.75, 3.05) is 6.54 Å². The molecule has 4 rings (SSSR count). The van der Waals surface area contributed by atoms with Crippen molar-refractivity contribution >= 4 is 5.91 Å². The summed E-state index contributed by atoms with van der Waals surface area (Å²) in [5.41, 5.74) is 4.04. The molecule has 2 aromatic heterocycles.